The number of hydrogen-bond acceptors (Lipinski definition) is 4. The number of anilines is 2. The van der Waals surface area contributed by atoms with Gasteiger partial charge in [0.1, 0.15) is 0 Å². The van der Waals surface area contributed by atoms with Crippen molar-refractivity contribution in [2.45, 2.75) is 38.6 Å². The molecule has 0 heterocycles. The minimum atomic E-state index is -3.51. The molecule has 0 atom stereocenters. The molecule has 1 amide bonds. The quantitative estimate of drug-likeness (QED) is 0.761. The Hall–Kier alpha value is -2.38. The van der Waals surface area contributed by atoms with Crippen LogP contribution in [0, 0.1) is 13.8 Å². The van der Waals surface area contributed by atoms with E-state index in [1.54, 1.807) is 31.3 Å². The first-order valence-corrected chi connectivity index (χ1v) is 10.2. The fraction of sp³-hybridized carbons (Fsp3) is 0.350. The van der Waals surface area contributed by atoms with Crippen LogP contribution in [-0.2, 0) is 14.8 Å². The fourth-order valence-electron chi connectivity index (χ4n) is 2.57. The number of hydrogen-bond donors (Lipinski definition) is 2. The highest BCUT2D eigenvalue weighted by Crippen LogP contribution is 2.20. The molecule has 2 aromatic rings. The van der Waals surface area contributed by atoms with E-state index in [0.717, 1.165) is 16.8 Å². The van der Waals surface area contributed by atoms with Gasteiger partial charge in [0.15, 0.2) is 0 Å². The second-order valence-corrected chi connectivity index (χ2v) is 8.81. The van der Waals surface area contributed by atoms with Gasteiger partial charge in [-0.25, -0.2) is 8.42 Å². The average Bonchev–Trinajstić information content (AvgIpc) is 2.62. The van der Waals surface area contributed by atoms with Crippen molar-refractivity contribution in [3.8, 4) is 0 Å². The number of benzene rings is 2. The second-order valence-electron chi connectivity index (χ2n) is 6.81. The van der Waals surface area contributed by atoms with Crippen LogP contribution in [0.5, 0.6) is 0 Å². The van der Waals surface area contributed by atoms with Gasteiger partial charge in [0, 0.05) is 24.5 Å². The zero-order valence-electron chi connectivity index (χ0n) is 16.4. The summed E-state index contributed by atoms with van der Waals surface area (Å²) in [5.41, 5.74) is 3.51. The predicted molar refractivity (Wildman–Crippen MR) is 110 cm³/mol. The molecule has 146 valence electrons. The molecular formula is C20H27N3O3S. The largest absolute Gasteiger partial charge is 0.376 e. The summed E-state index contributed by atoms with van der Waals surface area (Å²) >= 11 is 0. The van der Waals surface area contributed by atoms with Crippen molar-refractivity contribution in [3.63, 3.8) is 0 Å². The Bertz CT molecular complexity index is 886. The molecule has 0 spiro atoms. The van der Waals surface area contributed by atoms with Crippen LogP contribution in [-0.4, -0.2) is 38.3 Å². The summed E-state index contributed by atoms with van der Waals surface area (Å²) in [7, 11) is -1.95. The van der Waals surface area contributed by atoms with Gasteiger partial charge in [-0.15, -0.1) is 0 Å². The summed E-state index contributed by atoms with van der Waals surface area (Å²) in [6.45, 7) is 7.63. The van der Waals surface area contributed by atoms with E-state index in [1.165, 1.54) is 4.31 Å². The van der Waals surface area contributed by atoms with Crippen LogP contribution in [0.2, 0.25) is 0 Å². The van der Waals surface area contributed by atoms with E-state index in [2.05, 4.69) is 10.6 Å². The van der Waals surface area contributed by atoms with Crippen LogP contribution >= 0.6 is 0 Å². The van der Waals surface area contributed by atoms with E-state index in [0.29, 0.717) is 5.69 Å². The van der Waals surface area contributed by atoms with E-state index < -0.39 is 10.0 Å². The molecule has 6 nitrogen and oxygen atoms in total. The summed E-state index contributed by atoms with van der Waals surface area (Å²) in [5.74, 6) is -0.163. The normalized spacial score (nSPS) is 11.7. The fourth-order valence-corrected chi connectivity index (χ4v) is 3.93. The Labute approximate surface area is 161 Å². The van der Waals surface area contributed by atoms with Gasteiger partial charge < -0.3 is 10.6 Å². The Balaban J connectivity index is 2.00. The molecular weight excluding hydrogens is 362 g/mol. The number of carbonyl (C=O) groups excluding carboxylic acids is 1. The highest BCUT2D eigenvalue weighted by molar-refractivity contribution is 7.89. The van der Waals surface area contributed by atoms with Crippen LogP contribution in [0.15, 0.2) is 47.4 Å². The smallest absolute Gasteiger partial charge is 0.243 e. The van der Waals surface area contributed by atoms with Crippen LogP contribution < -0.4 is 10.6 Å². The zero-order chi connectivity index (χ0) is 20.2. The summed E-state index contributed by atoms with van der Waals surface area (Å²) in [4.78, 5) is 12.4. The molecule has 0 unspecified atom stereocenters. The molecule has 0 saturated carbocycles. The van der Waals surface area contributed by atoms with Crippen molar-refractivity contribution in [2.24, 2.45) is 0 Å². The third-order valence-corrected chi connectivity index (χ3v) is 6.50. The van der Waals surface area contributed by atoms with Crippen molar-refractivity contribution in [2.75, 3.05) is 24.2 Å². The minimum absolute atomic E-state index is 0.0891. The molecule has 2 aromatic carbocycles. The third kappa shape index (κ3) is 5.08. The number of aryl methyl sites for hydroxylation is 2. The van der Waals surface area contributed by atoms with Crippen molar-refractivity contribution in [1.29, 1.82) is 0 Å². The Kier molecular flexibility index (Phi) is 6.62. The molecule has 0 radical (unpaired) electrons. The molecule has 0 bridgehead atoms. The van der Waals surface area contributed by atoms with Gasteiger partial charge in [0.2, 0.25) is 15.9 Å². The predicted octanol–water partition coefficient (Wildman–Crippen LogP) is 3.38. The van der Waals surface area contributed by atoms with Gasteiger partial charge in [-0.1, -0.05) is 18.2 Å². The molecule has 0 fully saturated rings. The standard InChI is InChI=1S/C20H27N3O3S/c1-14(2)23(5)27(25,26)18-11-9-17(10-12-18)21-13-19(24)22-20-15(3)7-6-8-16(20)4/h6-12,14,21H,13H2,1-5H3,(H,22,24). The van der Waals surface area contributed by atoms with Crippen LogP contribution in [0.4, 0.5) is 11.4 Å². The van der Waals surface area contributed by atoms with E-state index in [9.17, 15) is 13.2 Å². The number of nitrogens with one attached hydrogen (secondary N) is 2. The summed E-state index contributed by atoms with van der Waals surface area (Å²) in [6, 6.07) is 12.1. The van der Waals surface area contributed by atoms with Crippen LogP contribution in [0.25, 0.3) is 0 Å². The summed E-state index contributed by atoms with van der Waals surface area (Å²) in [5, 5.41) is 5.92. The lowest BCUT2D eigenvalue weighted by Crippen LogP contribution is -2.33. The SMILES string of the molecule is Cc1cccc(C)c1NC(=O)CNc1ccc(S(=O)(=O)N(C)C(C)C)cc1. The minimum Gasteiger partial charge on any atom is -0.376 e. The van der Waals surface area contributed by atoms with Gasteiger partial charge in [-0.05, 0) is 63.1 Å². The van der Waals surface area contributed by atoms with Crippen molar-refractivity contribution < 1.29 is 13.2 Å². The highest BCUT2D eigenvalue weighted by atomic mass is 32.2. The van der Waals surface area contributed by atoms with E-state index in [-0.39, 0.29) is 23.4 Å². The summed E-state index contributed by atoms with van der Waals surface area (Å²) in [6.07, 6.45) is 0. The van der Waals surface area contributed by atoms with Gasteiger partial charge in [-0.3, -0.25) is 4.79 Å². The highest BCUT2D eigenvalue weighted by Gasteiger charge is 2.22. The second kappa shape index (κ2) is 8.54. The van der Waals surface area contributed by atoms with Gasteiger partial charge in [0.05, 0.1) is 11.4 Å². The van der Waals surface area contributed by atoms with E-state index in [1.807, 2.05) is 45.9 Å². The number of rotatable bonds is 7. The Morgan fingerprint density at radius 1 is 1.04 bits per heavy atom. The lowest BCUT2D eigenvalue weighted by atomic mass is 10.1. The first kappa shape index (κ1) is 20.9. The lowest BCUT2D eigenvalue weighted by Gasteiger charge is -2.21. The van der Waals surface area contributed by atoms with Crippen LogP contribution in [0.3, 0.4) is 0 Å². The summed E-state index contributed by atoms with van der Waals surface area (Å²) < 4.78 is 26.2. The maximum absolute atomic E-state index is 12.5. The van der Waals surface area contributed by atoms with Crippen LogP contribution in [0.1, 0.15) is 25.0 Å². The number of sulfonamides is 1. The molecule has 0 aliphatic carbocycles. The van der Waals surface area contributed by atoms with Crippen molar-refractivity contribution in [1.82, 2.24) is 4.31 Å². The topological polar surface area (TPSA) is 78.5 Å². The third-order valence-electron chi connectivity index (χ3n) is 4.46. The maximum Gasteiger partial charge on any atom is 0.243 e. The monoisotopic (exact) mass is 389 g/mol. The Morgan fingerprint density at radius 3 is 2.11 bits per heavy atom. The van der Waals surface area contributed by atoms with Gasteiger partial charge in [0.25, 0.3) is 0 Å². The molecule has 0 aromatic heterocycles. The maximum atomic E-state index is 12.5. The van der Waals surface area contributed by atoms with Gasteiger partial charge in [-0.2, -0.15) is 4.31 Å². The molecule has 27 heavy (non-hydrogen) atoms. The van der Waals surface area contributed by atoms with Gasteiger partial charge >= 0.3 is 0 Å². The van der Waals surface area contributed by atoms with E-state index in [4.69, 9.17) is 0 Å². The molecule has 2 N–H and O–H groups in total. The Morgan fingerprint density at radius 2 is 1.59 bits per heavy atom. The van der Waals surface area contributed by atoms with E-state index >= 15 is 0 Å². The zero-order valence-corrected chi connectivity index (χ0v) is 17.2. The molecule has 0 saturated heterocycles. The first-order chi connectivity index (χ1) is 12.6. The number of amides is 1. The first-order valence-electron chi connectivity index (χ1n) is 8.81. The van der Waals surface area contributed by atoms with Crippen molar-refractivity contribution >= 4 is 27.3 Å². The molecule has 7 heteroatoms. The molecule has 0 aliphatic heterocycles. The molecule has 2 rings (SSSR count). The molecule has 0 aliphatic rings. The number of para-hydroxylation sites is 1. The average molecular weight is 390 g/mol. The lowest BCUT2D eigenvalue weighted by molar-refractivity contribution is -0.114. The van der Waals surface area contributed by atoms with Crippen molar-refractivity contribution in [3.05, 3.63) is 53.6 Å². The number of carbonyl (C=O) groups is 1. The number of nitrogens with zero attached hydrogens (tertiary/aromatic N) is 1.